The van der Waals surface area contributed by atoms with E-state index in [9.17, 15) is 4.79 Å². The Balaban J connectivity index is 2.36. The highest BCUT2D eigenvalue weighted by Gasteiger charge is 2.20. The highest BCUT2D eigenvalue weighted by molar-refractivity contribution is 6.00. The van der Waals surface area contributed by atoms with Crippen LogP contribution < -0.4 is 5.32 Å². The number of aliphatic hydroxyl groups is 1. The van der Waals surface area contributed by atoms with Gasteiger partial charge in [0.2, 0.25) is 0 Å². The normalized spacial score (nSPS) is 10.3. The first-order chi connectivity index (χ1) is 8.74. The summed E-state index contributed by atoms with van der Waals surface area (Å²) >= 11 is 0. The number of aromatic nitrogens is 1. The van der Waals surface area contributed by atoms with Gasteiger partial charge in [-0.1, -0.05) is 35.5 Å². The van der Waals surface area contributed by atoms with Crippen LogP contribution in [0.1, 0.15) is 16.1 Å². The van der Waals surface area contributed by atoms with Crippen molar-refractivity contribution in [3.05, 3.63) is 41.7 Å². The first-order valence-electron chi connectivity index (χ1n) is 5.64. The SMILES string of the molecule is Cc1onc(-c2ccccc2)c1C(=O)NCCO. The lowest BCUT2D eigenvalue weighted by molar-refractivity contribution is 0.0944. The fourth-order valence-electron chi connectivity index (χ4n) is 1.69. The molecule has 0 spiro atoms. The minimum absolute atomic E-state index is 0.100. The Kier molecular flexibility index (Phi) is 3.74. The van der Waals surface area contributed by atoms with Crippen molar-refractivity contribution in [2.75, 3.05) is 13.2 Å². The quantitative estimate of drug-likeness (QED) is 0.854. The van der Waals surface area contributed by atoms with Gasteiger partial charge in [-0.05, 0) is 6.92 Å². The number of amides is 1. The highest BCUT2D eigenvalue weighted by atomic mass is 16.5. The van der Waals surface area contributed by atoms with Crippen LogP contribution >= 0.6 is 0 Å². The maximum Gasteiger partial charge on any atom is 0.257 e. The summed E-state index contributed by atoms with van der Waals surface area (Å²) in [5.41, 5.74) is 1.75. The largest absolute Gasteiger partial charge is 0.395 e. The number of carbonyl (C=O) groups is 1. The van der Waals surface area contributed by atoms with Crippen LogP contribution in [0.3, 0.4) is 0 Å². The molecular formula is C13H14N2O3. The number of nitrogens with one attached hydrogen (secondary N) is 1. The molecule has 1 amide bonds. The van der Waals surface area contributed by atoms with Crippen LogP contribution in [0.25, 0.3) is 11.3 Å². The fraction of sp³-hybridized carbons (Fsp3) is 0.231. The summed E-state index contributed by atoms with van der Waals surface area (Å²) in [6.45, 7) is 1.79. The second-order valence-electron chi connectivity index (χ2n) is 3.81. The van der Waals surface area contributed by atoms with E-state index in [-0.39, 0.29) is 19.1 Å². The number of nitrogens with zero attached hydrogens (tertiary/aromatic N) is 1. The average molecular weight is 246 g/mol. The molecule has 1 aromatic heterocycles. The van der Waals surface area contributed by atoms with E-state index < -0.39 is 0 Å². The third-order valence-electron chi connectivity index (χ3n) is 2.53. The molecule has 2 N–H and O–H groups in total. The van der Waals surface area contributed by atoms with Gasteiger partial charge in [0.15, 0.2) is 0 Å². The molecule has 0 radical (unpaired) electrons. The topological polar surface area (TPSA) is 75.4 Å². The Morgan fingerprint density at radius 1 is 1.39 bits per heavy atom. The molecule has 0 atom stereocenters. The number of aliphatic hydroxyl groups excluding tert-OH is 1. The molecule has 0 saturated carbocycles. The molecule has 5 heteroatoms. The Labute approximate surface area is 104 Å². The predicted molar refractivity (Wildman–Crippen MR) is 66.1 cm³/mol. The predicted octanol–water partition coefficient (Wildman–Crippen LogP) is 1.37. The third kappa shape index (κ3) is 2.41. The Hall–Kier alpha value is -2.14. The van der Waals surface area contributed by atoms with Gasteiger partial charge in [0.05, 0.1) is 6.61 Å². The van der Waals surface area contributed by atoms with Gasteiger partial charge in [-0.15, -0.1) is 0 Å². The van der Waals surface area contributed by atoms with E-state index in [0.717, 1.165) is 5.56 Å². The monoisotopic (exact) mass is 246 g/mol. The van der Waals surface area contributed by atoms with Gasteiger partial charge < -0.3 is 14.9 Å². The first-order valence-corrected chi connectivity index (χ1v) is 5.64. The van der Waals surface area contributed by atoms with Crippen molar-refractivity contribution in [1.29, 1.82) is 0 Å². The van der Waals surface area contributed by atoms with Crippen molar-refractivity contribution in [3.8, 4) is 11.3 Å². The van der Waals surface area contributed by atoms with Crippen LogP contribution in [-0.2, 0) is 0 Å². The van der Waals surface area contributed by atoms with Crippen LogP contribution in [-0.4, -0.2) is 29.3 Å². The fourth-order valence-corrected chi connectivity index (χ4v) is 1.69. The summed E-state index contributed by atoms with van der Waals surface area (Å²) in [5, 5.41) is 15.2. The molecule has 0 bridgehead atoms. The van der Waals surface area contributed by atoms with Crippen molar-refractivity contribution >= 4 is 5.91 Å². The van der Waals surface area contributed by atoms with Crippen LogP contribution in [0, 0.1) is 6.92 Å². The summed E-state index contributed by atoms with van der Waals surface area (Å²) in [5.74, 6) is 0.172. The van der Waals surface area contributed by atoms with E-state index in [0.29, 0.717) is 17.0 Å². The molecule has 2 aromatic rings. The van der Waals surface area contributed by atoms with E-state index >= 15 is 0 Å². The second-order valence-corrected chi connectivity index (χ2v) is 3.81. The molecule has 1 heterocycles. The van der Waals surface area contributed by atoms with Gasteiger partial charge in [0, 0.05) is 12.1 Å². The van der Waals surface area contributed by atoms with Crippen LogP contribution in [0.4, 0.5) is 0 Å². The van der Waals surface area contributed by atoms with Gasteiger partial charge in [-0.2, -0.15) is 0 Å². The van der Waals surface area contributed by atoms with Crippen LogP contribution in [0.2, 0.25) is 0 Å². The molecule has 1 aromatic carbocycles. The van der Waals surface area contributed by atoms with E-state index in [1.807, 2.05) is 30.3 Å². The lowest BCUT2D eigenvalue weighted by Crippen LogP contribution is -2.27. The molecule has 0 unspecified atom stereocenters. The Morgan fingerprint density at radius 3 is 2.78 bits per heavy atom. The summed E-state index contributed by atoms with van der Waals surface area (Å²) in [6.07, 6.45) is 0. The van der Waals surface area contributed by atoms with Gasteiger partial charge >= 0.3 is 0 Å². The molecule has 0 aliphatic rings. The number of aryl methyl sites for hydroxylation is 1. The zero-order valence-corrected chi connectivity index (χ0v) is 10.0. The molecule has 0 aliphatic heterocycles. The smallest absolute Gasteiger partial charge is 0.257 e. The molecule has 18 heavy (non-hydrogen) atoms. The number of rotatable bonds is 4. The summed E-state index contributed by atoms with van der Waals surface area (Å²) in [7, 11) is 0. The molecule has 0 aliphatic carbocycles. The number of hydrogen-bond acceptors (Lipinski definition) is 4. The Morgan fingerprint density at radius 2 is 2.11 bits per heavy atom. The molecule has 0 fully saturated rings. The maximum atomic E-state index is 12.0. The van der Waals surface area contributed by atoms with Gasteiger partial charge in [-0.25, -0.2) is 0 Å². The van der Waals surface area contributed by atoms with Crippen molar-refractivity contribution in [2.24, 2.45) is 0 Å². The van der Waals surface area contributed by atoms with E-state index in [2.05, 4.69) is 10.5 Å². The summed E-state index contributed by atoms with van der Waals surface area (Å²) in [4.78, 5) is 12.0. The molecule has 0 saturated heterocycles. The van der Waals surface area contributed by atoms with Crippen molar-refractivity contribution in [1.82, 2.24) is 10.5 Å². The standard InChI is InChI=1S/C13H14N2O3/c1-9-11(13(17)14-7-8-16)12(15-18-9)10-5-3-2-4-6-10/h2-6,16H,7-8H2,1H3,(H,14,17). The zero-order chi connectivity index (χ0) is 13.0. The van der Waals surface area contributed by atoms with Crippen molar-refractivity contribution < 1.29 is 14.4 Å². The van der Waals surface area contributed by atoms with E-state index in [1.165, 1.54) is 0 Å². The van der Waals surface area contributed by atoms with Crippen molar-refractivity contribution in [3.63, 3.8) is 0 Å². The minimum atomic E-state index is -0.290. The summed E-state index contributed by atoms with van der Waals surface area (Å²) < 4.78 is 5.08. The summed E-state index contributed by atoms with van der Waals surface area (Å²) in [6, 6.07) is 9.35. The lowest BCUT2D eigenvalue weighted by atomic mass is 10.1. The number of carbonyl (C=O) groups excluding carboxylic acids is 1. The molecule has 2 rings (SSSR count). The van der Waals surface area contributed by atoms with Crippen LogP contribution in [0.15, 0.2) is 34.9 Å². The highest BCUT2D eigenvalue weighted by Crippen LogP contribution is 2.24. The minimum Gasteiger partial charge on any atom is -0.395 e. The zero-order valence-electron chi connectivity index (χ0n) is 10.0. The second kappa shape index (κ2) is 5.46. The number of hydrogen-bond donors (Lipinski definition) is 2. The van der Waals surface area contributed by atoms with Gasteiger partial charge in [0.25, 0.3) is 5.91 Å². The van der Waals surface area contributed by atoms with E-state index in [1.54, 1.807) is 6.92 Å². The van der Waals surface area contributed by atoms with Crippen molar-refractivity contribution in [2.45, 2.75) is 6.92 Å². The lowest BCUT2D eigenvalue weighted by Gasteiger charge is -2.03. The van der Waals surface area contributed by atoms with E-state index in [4.69, 9.17) is 9.63 Å². The molecule has 94 valence electrons. The number of benzene rings is 1. The first kappa shape index (κ1) is 12.3. The maximum absolute atomic E-state index is 12.0. The molecular weight excluding hydrogens is 232 g/mol. The van der Waals surface area contributed by atoms with Gasteiger partial charge in [-0.3, -0.25) is 4.79 Å². The van der Waals surface area contributed by atoms with Gasteiger partial charge in [0.1, 0.15) is 17.0 Å². The average Bonchev–Trinajstić information content (AvgIpc) is 2.79. The van der Waals surface area contributed by atoms with Crippen LogP contribution in [0.5, 0.6) is 0 Å². The Bertz CT molecular complexity index is 534. The third-order valence-corrected chi connectivity index (χ3v) is 2.53. The molecule has 5 nitrogen and oxygen atoms in total.